The van der Waals surface area contributed by atoms with Gasteiger partial charge in [0.1, 0.15) is 0 Å². The Bertz CT molecular complexity index is 1220. The van der Waals surface area contributed by atoms with E-state index in [9.17, 15) is 14.4 Å². The lowest BCUT2D eigenvalue weighted by Gasteiger charge is -2.26. The number of rotatable bonds is 7. The van der Waals surface area contributed by atoms with Crippen molar-refractivity contribution in [2.45, 2.75) is 11.7 Å². The maximum atomic E-state index is 13.1. The number of nitrogens with zero attached hydrogens (tertiary/aromatic N) is 3. The van der Waals surface area contributed by atoms with E-state index in [1.54, 1.807) is 41.3 Å². The molecule has 0 unspecified atom stereocenters. The second kappa shape index (κ2) is 9.93. The van der Waals surface area contributed by atoms with E-state index in [-0.39, 0.29) is 29.5 Å². The molecule has 0 aliphatic carbocycles. The lowest BCUT2D eigenvalue weighted by atomic mass is 10.1. The number of amides is 1. The maximum absolute atomic E-state index is 13.1. The molecular weight excluding hydrogens is 426 g/mol. The second-order valence-corrected chi connectivity index (χ2v) is 8.26. The summed E-state index contributed by atoms with van der Waals surface area (Å²) < 4.78 is 6.81. The van der Waals surface area contributed by atoms with Crippen LogP contribution in [0.4, 0.5) is 0 Å². The van der Waals surface area contributed by atoms with Crippen LogP contribution in [0.15, 0.2) is 71.1 Å². The topological polar surface area (TPSA) is 81.5 Å². The zero-order valence-electron chi connectivity index (χ0n) is 17.5. The summed E-state index contributed by atoms with van der Waals surface area (Å²) in [6.45, 7) is 6.10. The molecule has 1 amide bonds. The van der Waals surface area contributed by atoms with E-state index in [2.05, 4.69) is 11.6 Å². The van der Waals surface area contributed by atoms with Gasteiger partial charge in [-0.2, -0.15) is 0 Å². The van der Waals surface area contributed by atoms with Gasteiger partial charge >= 0.3 is 0 Å². The number of fused-ring (bicyclic) bond motifs is 1. The molecule has 0 atom stereocenters. The van der Waals surface area contributed by atoms with E-state index < -0.39 is 0 Å². The third-order valence-electron chi connectivity index (χ3n) is 5.21. The third kappa shape index (κ3) is 4.66. The minimum atomic E-state index is -0.227. The first-order chi connectivity index (χ1) is 15.6. The first kappa shape index (κ1) is 22.0. The van der Waals surface area contributed by atoms with Gasteiger partial charge in [-0.05, 0) is 18.2 Å². The molecule has 0 N–H and O–H groups in total. The Morgan fingerprint density at radius 1 is 1.09 bits per heavy atom. The number of carbonyl (C=O) groups excluding carboxylic acids is 2. The average molecular weight is 450 g/mol. The highest BCUT2D eigenvalue weighted by Gasteiger charge is 2.20. The number of allylic oxidation sites excluding steroid dienone is 1. The molecule has 1 aliphatic rings. The van der Waals surface area contributed by atoms with Crippen LogP contribution in [0.3, 0.4) is 0 Å². The summed E-state index contributed by atoms with van der Waals surface area (Å²) in [4.78, 5) is 44.9. The Labute approximate surface area is 189 Å². The quantitative estimate of drug-likeness (QED) is 0.239. The van der Waals surface area contributed by atoms with Crippen molar-refractivity contribution in [2.24, 2.45) is 0 Å². The number of aromatic nitrogens is 2. The van der Waals surface area contributed by atoms with Crippen LogP contribution in [0.1, 0.15) is 20.7 Å². The molecular formula is C24H23N3O4S. The van der Waals surface area contributed by atoms with E-state index in [4.69, 9.17) is 4.74 Å². The van der Waals surface area contributed by atoms with Gasteiger partial charge in [0.25, 0.3) is 11.5 Å². The monoisotopic (exact) mass is 449 g/mol. The average Bonchev–Trinajstić information content (AvgIpc) is 2.85. The summed E-state index contributed by atoms with van der Waals surface area (Å²) in [5, 5.41) is 0.840. The molecule has 0 saturated carbocycles. The molecule has 0 spiro atoms. The summed E-state index contributed by atoms with van der Waals surface area (Å²) >= 11 is 1.20. The summed E-state index contributed by atoms with van der Waals surface area (Å²) in [7, 11) is 0. The molecule has 1 fully saturated rings. The van der Waals surface area contributed by atoms with Crippen molar-refractivity contribution in [1.29, 1.82) is 0 Å². The van der Waals surface area contributed by atoms with Crippen LogP contribution in [-0.2, 0) is 11.3 Å². The van der Waals surface area contributed by atoms with Crippen molar-refractivity contribution in [3.05, 3.63) is 82.7 Å². The fourth-order valence-corrected chi connectivity index (χ4v) is 4.42. The SMILES string of the molecule is C=CCn1c(SCC(=O)c2ccccc2)nc2cc(C(=O)N3CCOCC3)ccc2c1=O. The van der Waals surface area contributed by atoms with Crippen molar-refractivity contribution in [3.8, 4) is 0 Å². The van der Waals surface area contributed by atoms with Crippen LogP contribution in [-0.4, -0.2) is 58.2 Å². The summed E-state index contributed by atoms with van der Waals surface area (Å²) in [5.74, 6) is -0.0158. The third-order valence-corrected chi connectivity index (χ3v) is 6.18. The highest BCUT2D eigenvalue weighted by atomic mass is 32.2. The van der Waals surface area contributed by atoms with E-state index in [0.29, 0.717) is 53.5 Å². The van der Waals surface area contributed by atoms with E-state index in [1.807, 2.05) is 18.2 Å². The number of hydrogen-bond donors (Lipinski definition) is 0. The van der Waals surface area contributed by atoms with Crippen LogP contribution in [0.5, 0.6) is 0 Å². The van der Waals surface area contributed by atoms with E-state index >= 15 is 0 Å². The summed E-state index contributed by atoms with van der Waals surface area (Å²) in [6.07, 6.45) is 1.62. The Hall–Kier alpha value is -3.23. The Morgan fingerprint density at radius 2 is 1.84 bits per heavy atom. The van der Waals surface area contributed by atoms with Gasteiger partial charge in [0.2, 0.25) is 0 Å². The van der Waals surface area contributed by atoms with Gasteiger partial charge in [-0.25, -0.2) is 4.98 Å². The molecule has 0 bridgehead atoms. The molecule has 8 heteroatoms. The van der Waals surface area contributed by atoms with Crippen molar-refractivity contribution in [3.63, 3.8) is 0 Å². The van der Waals surface area contributed by atoms with Gasteiger partial charge in [0.05, 0.1) is 29.9 Å². The first-order valence-corrected chi connectivity index (χ1v) is 11.3. The molecule has 1 aromatic heterocycles. The standard InChI is InChI=1S/C24H23N3O4S/c1-2-10-27-23(30)19-9-8-18(22(29)26-11-13-31-14-12-26)15-20(19)25-24(27)32-16-21(28)17-6-4-3-5-7-17/h2-9,15H,1,10-14,16H2. The lowest BCUT2D eigenvalue weighted by Crippen LogP contribution is -2.40. The molecule has 2 heterocycles. The fraction of sp³-hybridized carbons (Fsp3) is 0.250. The number of ether oxygens (including phenoxy) is 1. The summed E-state index contributed by atoms with van der Waals surface area (Å²) in [5.41, 5.74) is 1.29. The molecule has 0 radical (unpaired) electrons. The molecule has 7 nitrogen and oxygen atoms in total. The van der Waals surface area contributed by atoms with Crippen molar-refractivity contribution < 1.29 is 14.3 Å². The summed E-state index contributed by atoms with van der Waals surface area (Å²) in [6, 6.07) is 13.9. The van der Waals surface area contributed by atoms with Crippen molar-refractivity contribution in [1.82, 2.24) is 14.5 Å². The van der Waals surface area contributed by atoms with Gasteiger partial charge in [-0.1, -0.05) is 48.2 Å². The zero-order chi connectivity index (χ0) is 22.5. The van der Waals surface area contributed by atoms with E-state index in [0.717, 1.165) is 0 Å². The minimum absolute atomic E-state index is 0.0497. The Kier molecular flexibility index (Phi) is 6.82. The Morgan fingerprint density at radius 3 is 2.56 bits per heavy atom. The predicted octanol–water partition coefficient (Wildman–Crippen LogP) is 3.03. The van der Waals surface area contributed by atoms with Crippen LogP contribution < -0.4 is 5.56 Å². The molecule has 32 heavy (non-hydrogen) atoms. The number of benzene rings is 2. The number of Topliss-reactive ketones (excluding diaryl/α,β-unsaturated/α-hetero) is 1. The van der Waals surface area contributed by atoms with Crippen molar-refractivity contribution >= 4 is 34.4 Å². The van der Waals surface area contributed by atoms with E-state index in [1.165, 1.54) is 16.3 Å². The fourth-order valence-electron chi connectivity index (χ4n) is 3.52. The van der Waals surface area contributed by atoms with Gasteiger partial charge in [0, 0.05) is 30.8 Å². The van der Waals surface area contributed by atoms with Gasteiger partial charge in [-0.15, -0.1) is 6.58 Å². The molecule has 164 valence electrons. The second-order valence-electron chi connectivity index (χ2n) is 7.31. The zero-order valence-corrected chi connectivity index (χ0v) is 18.3. The number of carbonyl (C=O) groups is 2. The van der Waals surface area contributed by atoms with Crippen LogP contribution >= 0.6 is 11.8 Å². The highest BCUT2D eigenvalue weighted by molar-refractivity contribution is 7.99. The normalized spacial score (nSPS) is 13.8. The largest absolute Gasteiger partial charge is 0.378 e. The Balaban J connectivity index is 1.66. The molecule has 1 aliphatic heterocycles. The number of morpholine rings is 1. The predicted molar refractivity (Wildman–Crippen MR) is 124 cm³/mol. The molecule has 2 aromatic carbocycles. The van der Waals surface area contributed by atoms with Gasteiger partial charge in [-0.3, -0.25) is 19.0 Å². The van der Waals surface area contributed by atoms with Crippen LogP contribution in [0.25, 0.3) is 10.9 Å². The van der Waals surface area contributed by atoms with Crippen molar-refractivity contribution in [2.75, 3.05) is 32.1 Å². The molecule has 4 rings (SSSR count). The first-order valence-electron chi connectivity index (χ1n) is 10.3. The van der Waals surface area contributed by atoms with Crippen LogP contribution in [0, 0.1) is 0 Å². The molecule has 1 saturated heterocycles. The lowest BCUT2D eigenvalue weighted by molar-refractivity contribution is 0.0303. The minimum Gasteiger partial charge on any atom is -0.378 e. The van der Waals surface area contributed by atoms with Gasteiger partial charge < -0.3 is 9.64 Å². The molecule has 3 aromatic rings. The van der Waals surface area contributed by atoms with Crippen LogP contribution in [0.2, 0.25) is 0 Å². The number of ketones is 1. The van der Waals surface area contributed by atoms with Gasteiger partial charge in [0.15, 0.2) is 10.9 Å². The maximum Gasteiger partial charge on any atom is 0.262 e. The highest BCUT2D eigenvalue weighted by Crippen LogP contribution is 2.21. The smallest absolute Gasteiger partial charge is 0.262 e. The number of thioether (sulfide) groups is 1. The number of hydrogen-bond acceptors (Lipinski definition) is 6.